The monoisotopic (exact) mass is 538 g/mol. The number of hydrogen-bond donors (Lipinski definition) is 1. The number of carboxylic acid groups (broad SMARTS) is 1. The summed E-state index contributed by atoms with van der Waals surface area (Å²) in [6.07, 6.45) is 4.68. The summed E-state index contributed by atoms with van der Waals surface area (Å²) in [6, 6.07) is 16.0. The van der Waals surface area contributed by atoms with Crippen LogP contribution in [0.15, 0.2) is 59.6 Å². The van der Waals surface area contributed by atoms with Crippen LogP contribution in [0.4, 0.5) is 4.39 Å². The van der Waals surface area contributed by atoms with E-state index in [4.69, 9.17) is 4.74 Å². The molecule has 1 aromatic heterocycles. The maximum absolute atomic E-state index is 15.6. The number of nitrogens with zero attached hydrogens (tertiary/aromatic N) is 2. The number of carboxylic acids is 1. The Hall–Kier alpha value is -2.64. The van der Waals surface area contributed by atoms with Crippen molar-refractivity contribution in [1.29, 1.82) is 0 Å². The molecule has 0 amide bonds. The van der Waals surface area contributed by atoms with E-state index in [0.29, 0.717) is 30.1 Å². The second-order valence-electron chi connectivity index (χ2n) is 10.4. The van der Waals surface area contributed by atoms with Crippen molar-refractivity contribution in [2.24, 2.45) is 11.8 Å². The third-order valence-electron chi connectivity index (χ3n) is 7.72. The quantitative estimate of drug-likeness (QED) is 0.182. The van der Waals surface area contributed by atoms with Gasteiger partial charge in [-0.25, -0.2) is 4.39 Å². The van der Waals surface area contributed by atoms with Gasteiger partial charge in [0.25, 0.3) is 0 Å². The van der Waals surface area contributed by atoms with Gasteiger partial charge in [0.2, 0.25) is 0 Å². The van der Waals surface area contributed by atoms with Crippen molar-refractivity contribution in [2.75, 3.05) is 32.5 Å². The molecule has 0 aliphatic carbocycles. The number of aliphatic carboxylic acids is 1. The molecule has 38 heavy (non-hydrogen) atoms. The molecular weight excluding hydrogens is 499 g/mol. The smallest absolute Gasteiger partial charge is 0.303 e. The molecule has 1 saturated heterocycles. The molecule has 0 bridgehead atoms. The van der Waals surface area contributed by atoms with Crippen LogP contribution in [-0.2, 0) is 4.79 Å². The summed E-state index contributed by atoms with van der Waals surface area (Å²) in [5, 5.41) is 10.1. The van der Waals surface area contributed by atoms with Gasteiger partial charge in [0.15, 0.2) is 0 Å². The van der Waals surface area contributed by atoms with Gasteiger partial charge < -0.3 is 14.7 Å². The normalized spacial score (nSPS) is 18.9. The molecule has 0 radical (unpaired) electrons. The summed E-state index contributed by atoms with van der Waals surface area (Å²) in [7, 11) is 1.61. The van der Waals surface area contributed by atoms with E-state index < -0.39 is 12.1 Å². The second-order valence-corrected chi connectivity index (χ2v) is 11.6. The van der Waals surface area contributed by atoms with E-state index in [9.17, 15) is 9.90 Å². The minimum absolute atomic E-state index is 0.173. The molecule has 3 aromatic rings. The minimum atomic E-state index is -1.09. The molecule has 5 nitrogen and oxygen atoms in total. The Bertz CT molecular complexity index is 1190. The number of aryl methyl sites for hydroxylation is 1. The van der Waals surface area contributed by atoms with Gasteiger partial charge in [0.05, 0.1) is 12.6 Å². The highest BCUT2D eigenvalue weighted by Gasteiger charge is 2.30. The maximum atomic E-state index is 15.6. The molecule has 0 saturated carbocycles. The molecule has 1 fully saturated rings. The van der Waals surface area contributed by atoms with E-state index in [1.807, 2.05) is 30.0 Å². The summed E-state index contributed by atoms with van der Waals surface area (Å²) >= 11 is 1.89. The van der Waals surface area contributed by atoms with Crippen LogP contribution in [0.2, 0.25) is 0 Å². The lowest BCUT2D eigenvalue weighted by molar-refractivity contribution is -0.137. The summed E-state index contributed by atoms with van der Waals surface area (Å²) < 4.78 is 20.9. The zero-order valence-electron chi connectivity index (χ0n) is 22.4. The Kier molecular flexibility index (Phi) is 10.4. The predicted octanol–water partition coefficient (Wildman–Crippen LogP) is 7.33. The molecule has 7 heteroatoms. The Morgan fingerprint density at radius 1 is 1.18 bits per heavy atom. The number of carbonyl (C=O) groups is 1. The summed E-state index contributed by atoms with van der Waals surface area (Å²) in [6.45, 7) is 5.02. The maximum Gasteiger partial charge on any atom is 0.303 e. The fourth-order valence-electron chi connectivity index (χ4n) is 5.55. The molecule has 4 rings (SSSR count). The van der Waals surface area contributed by atoms with Gasteiger partial charge in [-0.15, -0.1) is 11.8 Å². The van der Waals surface area contributed by atoms with Gasteiger partial charge in [0, 0.05) is 29.4 Å². The number of alkyl halides is 1. The van der Waals surface area contributed by atoms with E-state index in [0.717, 1.165) is 55.6 Å². The van der Waals surface area contributed by atoms with E-state index >= 15 is 4.39 Å². The Morgan fingerprint density at radius 2 is 2.00 bits per heavy atom. The van der Waals surface area contributed by atoms with E-state index in [2.05, 4.69) is 41.1 Å². The number of pyridine rings is 1. The van der Waals surface area contributed by atoms with Crippen LogP contribution >= 0.6 is 11.8 Å². The molecule has 204 valence electrons. The summed E-state index contributed by atoms with van der Waals surface area (Å²) in [5.74, 6) is 1.63. The first-order valence-corrected chi connectivity index (χ1v) is 14.6. The number of piperidine rings is 1. The van der Waals surface area contributed by atoms with E-state index in [1.165, 1.54) is 10.5 Å². The molecule has 2 heterocycles. The first kappa shape index (κ1) is 28.4. The highest BCUT2D eigenvalue weighted by Crippen LogP contribution is 2.36. The average molecular weight is 539 g/mol. The Morgan fingerprint density at radius 3 is 2.76 bits per heavy atom. The Labute approximate surface area is 229 Å². The molecule has 0 spiro atoms. The van der Waals surface area contributed by atoms with Crippen molar-refractivity contribution in [3.63, 3.8) is 0 Å². The molecular formula is C31H39FN2O3S. The van der Waals surface area contributed by atoms with Crippen molar-refractivity contribution >= 4 is 28.6 Å². The van der Waals surface area contributed by atoms with Crippen LogP contribution in [0.5, 0.6) is 5.75 Å². The van der Waals surface area contributed by atoms with Crippen molar-refractivity contribution < 1.29 is 19.0 Å². The summed E-state index contributed by atoms with van der Waals surface area (Å²) in [5.41, 5.74) is 2.69. The average Bonchev–Trinajstić information content (AvgIpc) is 2.93. The number of halogens is 1. The number of aromatic nitrogens is 1. The molecule has 2 aromatic carbocycles. The third kappa shape index (κ3) is 7.93. The number of benzene rings is 2. The molecule has 3 atom stereocenters. The predicted molar refractivity (Wildman–Crippen MR) is 153 cm³/mol. The van der Waals surface area contributed by atoms with Crippen LogP contribution in [0.1, 0.15) is 55.8 Å². The highest BCUT2D eigenvalue weighted by atomic mass is 32.2. The van der Waals surface area contributed by atoms with E-state index in [1.54, 1.807) is 19.4 Å². The second kappa shape index (κ2) is 13.9. The minimum Gasteiger partial charge on any atom is -0.497 e. The van der Waals surface area contributed by atoms with Gasteiger partial charge >= 0.3 is 5.97 Å². The number of fused-ring (bicyclic) bond motifs is 1. The lowest BCUT2D eigenvalue weighted by Gasteiger charge is -2.39. The number of methoxy groups -OCH3 is 1. The summed E-state index contributed by atoms with van der Waals surface area (Å²) in [4.78, 5) is 19.5. The van der Waals surface area contributed by atoms with E-state index in [-0.39, 0.29) is 12.3 Å². The fourth-order valence-corrected chi connectivity index (χ4v) is 6.39. The Balaban J connectivity index is 1.31. The first-order valence-electron chi connectivity index (χ1n) is 13.6. The van der Waals surface area contributed by atoms with Crippen LogP contribution in [0.3, 0.4) is 0 Å². The zero-order chi connectivity index (χ0) is 26.9. The van der Waals surface area contributed by atoms with Crippen LogP contribution in [0.25, 0.3) is 10.9 Å². The molecule has 1 aliphatic rings. The fraction of sp³-hybridized carbons (Fsp3) is 0.484. The van der Waals surface area contributed by atoms with Gasteiger partial charge in [-0.05, 0) is 112 Å². The van der Waals surface area contributed by atoms with Crippen molar-refractivity contribution in [2.45, 2.75) is 56.5 Å². The number of likely N-dealkylation sites (tertiary alicyclic amines) is 1. The number of rotatable bonds is 13. The largest absolute Gasteiger partial charge is 0.497 e. The number of hydrogen-bond acceptors (Lipinski definition) is 5. The van der Waals surface area contributed by atoms with Crippen LogP contribution < -0.4 is 4.74 Å². The molecule has 1 aliphatic heterocycles. The van der Waals surface area contributed by atoms with Gasteiger partial charge in [0.1, 0.15) is 11.9 Å². The standard InChI is InChI=1S/C31H39FN2O3S/c1-22-4-9-26(10-5-22)38-19-3-17-34-18-15-23(24(21-34)7-13-31(35)36)6-11-29(32)27-14-16-33-30-12-8-25(37-2)20-28(27)30/h4-5,8-10,12,14,16,20,23-24,29H,3,6-7,11,13,15,17-19,21H2,1-2H3,(H,35,36)/t23-,24+,29?/m1/s1. The molecule has 1 unspecified atom stereocenters. The molecule has 1 N–H and O–H groups in total. The van der Waals surface area contributed by atoms with Crippen molar-refractivity contribution in [3.8, 4) is 5.75 Å². The first-order chi connectivity index (χ1) is 18.4. The highest BCUT2D eigenvalue weighted by molar-refractivity contribution is 7.99. The van der Waals surface area contributed by atoms with Gasteiger partial charge in [-0.2, -0.15) is 0 Å². The van der Waals surface area contributed by atoms with Crippen LogP contribution in [0, 0.1) is 18.8 Å². The van der Waals surface area contributed by atoms with Crippen LogP contribution in [-0.4, -0.2) is 53.5 Å². The topological polar surface area (TPSA) is 62.7 Å². The number of ether oxygens (including phenoxy) is 1. The third-order valence-corrected chi connectivity index (χ3v) is 8.82. The lowest BCUT2D eigenvalue weighted by atomic mass is 9.79. The number of thioether (sulfide) groups is 1. The van der Waals surface area contributed by atoms with Crippen molar-refractivity contribution in [3.05, 3.63) is 65.9 Å². The SMILES string of the molecule is COc1ccc2nccc(C(F)CC[C@@H]3CCN(CCCSc4ccc(C)cc4)C[C@@H]3CCC(=O)O)c2c1. The van der Waals surface area contributed by atoms with Gasteiger partial charge in [-0.3, -0.25) is 9.78 Å². The van der Waals surface area contributed by atoms with Crippen molar-refractivity contribution in [1.82, 2.24) is 9.88 Å². The zero-order valence-corrected chi connectivity index (χ0v) is 23.3. The van der Waals surface area contributed by atoms with Gasteiger partial charge in [-0.1, -0.05) is 17.7 Å². The lowest BCUT2D eigenvalue weighted by Crippen LogP contribution is -2.41.